The summed E-state index contributed by atoms with van der Waals surface area (Å²) in [6.07, 6.45) is 0.640. The van der Waals surface area contributed by atoms with Crippen molar-refractivity contribution in [2.24, 2.45) is 0 Å². The van der Waals surface area contributed by atoms with Crippen LogP contribution in [0.2, 0.25) is 0 Å². The number of aryl methyl sites for hydroxylation is 1. The maximum atomic E-state index is 11.6. The van der Waals surface area contributed by atoms with Crippen molar-refractivity contribution in [2.45, 2.75) is 24.3 Å². The summed E-state index contributed by atoms with van der Waals surface area (Å²) < 4.78 is 28.3. The van der Waals surface area contributed by atoms with Gasteiger partial charge in [0.05, 0.1) is 16.8 Å². The van der Waals surface area contributed by atoms with Crippen molar-refractivity contribution < 1.29 is 13.2 Å². The summed E-state index contributed by atoms with van der Waals surface area (Å²) in [5, 5.41) is 0. The van der Waals surface area contributed by atoms with Gasteiger partial charge in [-0.05, 0) is 30.5 Å². The first-order valence-corrected chi connectivity index (χ1v) is 6.58. The van der Waals surface area contributed by atoms with E-state index in [0.29, 0.717) is 11.3 Å². The number of hydrogen-bond donors (Lipinski definition) is 0. The Labute approximate surface area is 90.0 Å². The minimum Gasteiger partial charge on any atom is -0.377 e. The molecule has 0 saturated heterocycles. The van der Waals surface area contributed by atoms with Gasteiger partial charge in [-0.2, -0.15) is 0 Å². The number of sulfone groups is 1. The average molecular weight is 226 g/mol. The van der Waals surface area contributed by atoms with Crippen LogP contribution in [0.25, 0.3) is 0 Å². The molecule has 1 aromatic rings. The highest BCUT2D eigenvalue weighted by Gasteiger charge is 2.26. The van der Waals surface area contributed by atoms with Crippen molar-refractivity contribution in [1.29, 1.82) is 0 Å². The summed E-state index contributed by atoms with van der Waals surface area (Å²) in [5.74, 6) is 0.243. The molecule has 0 spiro atoms. The van der Waals surface area contributed by atoms with Crippen LogP contribution in [-0.4, -0.2) is 21.3 Å². The van der Waals surface area contributed by atoms with Gasteiger partial charge in [-0.3, -0.25) is 0 Å². The molecule has 1 aliphatic heterocycles. The van der Waals surface area contributed by atoms with Gasteiger partial charge < -0.3 is 4.74 Å². The third kappa shape index (κ3) is 1.79. The fraction of sp³-hybridized carbons (Fsp3) is 0.455. The molecular formula is C11H14O3S. The first-order chi connectivity index (χ1) is 7.04. The molecule has 0 aliphatic carbocycles. The molecule has 0 saturated carbocycles. The Morgan fingerprint density at radius 1 is 1.40 bits per heavy atom. The van der Waals surface area contributed by atoms with Gasteiger partial charge in [0.25, 0.3) is 0 Å². The van der Waals surface area contributed by atoms with Crippen molar-refractivity contribution in [3.05, 3.63) is 29.3 Å². The van der Waals surface area contributed by atoms with Crippen LogP contribution in [0.15, 0.2) is 23.1 Å². The zero-order valence-electron chi connectivity index (χ0n) is 8.86. The molecular weight excluding hydrogens is 212 g/mol. The molecule has 0 bridgehead atoms. The molecule has 0 N–H and O–H groups in total. The Balaban J connectivity index is 2.46. The van der Waals surface area contributed by atoms with E-state index in [1.807, 2.05) is 19.1 Å². The Hall–Kier alpha value is -0.870. The van der Waals surface area contributed by atoms with Gasteiger partial charge in [-0.1, -0.05) is 12.1 Å². The fourth-order valence-electron chi connectivity index (χ4n) is 1.84. The van der Waals surface area contributed by atoms with E-state index in [1.54, 1.807) is 13.2 Å². The summed E-state index contributed by atoms with van der Waals surface area (Å²) in [6, 6.07) is 5.46. The third-order valence-corrected chi connectivity index (χ3v) is 4.69. The quantitative estimate of drug-likeness (QED) is 0.771. The largest absolute Gasteiger partial charge is 0.377 e. The second-order valence-corrected chi connectivity index (χ2v) is 5.89. The summed E-state index contributed by atoms with van der Waals surface area (Å²) in [5.41, 5.74) is 1.96. The zero-order chi connectivity index (χ0) is 11.1. The first kappa shape index (κ1) is 10.6. The lowest BCUT2D eigenvalue weighted by Gasteiger charge is -2.10. The van der Waals surface area contributed by atoms with Gasteiger partial charge >= 0.3 is 0 Å². The third-order valence-electron chi connectivity index (χ3n) is 2.88. The molecule has 2 rings (SSSR count). The lowest BCUT2D eigenvalue weighted by Crippen LogP contribution is -1.99. The maximum absolute atomic E-state index is 11.6. The van der Waals surface area contributed by atoms with Crippen LogP contribution in [0.3, 0.4) is 0 Å². The van der Waals surface area contributed by atoms with Gasteiger partial charge in [0.15, 0.2) is 9.84 Å². The second-order valence-electron chi connectivity index (χ2n) is 3.81. The molecule has 15 heavy (non-hydrogen) atoms. The van der Waals surface area contributed by atoms with Crippen LogP contribution >= 0.6 is 0 Å². The summed E-state index contributed by atoms with van der Waals surface area (Å²) in [7, 11) is -1.35. The second kappa shape index (κ2) is 3.61. The van der Waals surface area contributed by atoms with Gasteiger partial charge in [0.2, 0.25) is 0 Å². The Morgan fingerprint density at radius 3 is 2.80 bits per heavy atom. The molecule has 0 aromatic heterocycles. The number of rotatable bonds is 2. The van der Waals surface area contributed by atoms with E-state index in [9.17, 15) is 8.42 Å². The molecule has 0 fully saturated rings. The van der Waals surface area contributed by atoms with Gasteiger partial charge in [0.1, 0.15) is 0 Å². The number of fused-ring (bicyclic) bond motifs is 1. The molecule has 3 nitrogen and oxygen atoms in total. The summed E-state index contributed by atoms with van der Waals surface area (Å²) in [6.45, 7) is 1.95. The van der Waals surface area contributed by atoms with E-state index in [4.69, 9.17) is 4.74 Å². The van der Waals surface area contributed by atoms with Crippen molar-refractivity contribution in [2.75, 3.05) is 12.9 Å². The average Bonchev–Trinajstić information content (AvgIpc) is 2.53. The van der Waals surface area contributed by atoms with Gasteiger partial charge in [-0.15, -0.1) is 0 Å². The first-order valence-electron chi connectivity index (χ1n) is 4.93. The van der Waals surface area contributed by atoms with Crippen LogP contribution in [0.5, 0.6) is 0 Å². The van der Waals surface area contributed by atoms with Crippen molar-refractivity contribution in [3.63, 3.8) is 0 Å². The van der Waals surface area contributed by atoms with E-state index >= 15 is 0 Å². The molecule has 1 unspecified atom stereocenters. The zero-order valence-corrected chi connectivity index (χ0v) is 9.67. The molecule has 0 amide bonds. The molecule has 82 valence electrons. The fourth-order valence-corrected chi connectivity index (χ4v) is 3.39. The molecule has 1 aliphatic rings. The van der Waals surface area contributed by atoms with E-state index in [-0.39, 0.29) is 11.9 Å². The molecule has 0 radical (unpaired) electrons. The standard InChI is InChI=1S/C11H14O3S/c1-8(14-2)9-3-4-11-10(7-9)5-6-15(11,12)13/h3-4,7-8H,5-6H2,1-2H3. The van der Waals surface area contributed by atoms with Crippen LogP contribution in [0.1, 0.15) is 24.2 Å². The molecule has 1 atom stereocenters. The predicted molar refractivity (Wildman–Crippen MR) is 57.6 cm³/mol. The summed E-state index contributed by atoms with van der Waals surface area (Å²) >= 11 is 0. The van der Waals surface area contributed by atoms with Crippen LogP contribution in [-0.2, 0) is 21.0 Å². The highest BCUT2D eigenvalue weighted by Crippen LogP contribution is 2.29. The topological polar surface area (TPSA) is 43.4 Å². The molecule has 1 heterocycles. The van der Waals surface area contributed by atoms with Gasteiger partial charge in [-0.25, -0.2) is 8.42 Å². The van der Waals surface area contributed by atoms with Gasteiger partial charge in [0, 0.05) is 7.11 Å². The normalized spacial score (nSPS) is 19.9. The SMILES string of the molecule is COC(C)c1ccc2c(c1)CCS2(=O)=O. The molecule has 4 heteroatoms. The Kier molecular flexibility index (Phi) is 2.56. The van der Waals surface area contributed by atoms with Crippen molar-refractivity contribution in [1.82, 2.24) is 0 Å². The van der Waals surface area contributed by atoms with E-state index in [2.05, 4.69) is 0 Å². The number of methoxy groups -OCH3 is 1. The highest BCUT2D eigenvalue weighted by atomic mass is 32.2. The minimum atomic E-state index is -3.00. The molecule has 1 aromatic carbocycles. The minimum absolute atomic E-state index is 0.0126. The number of benzene rings is 1. The van der Waals surface area contributed by atoms with Crippen molar-refractivity contribution in [3.8, 4) is 0 Å². The Morgan fingerprint density at radius 2 is 2.13 bits per heavy atom. The van der Waals surface area contributed by atoms with E-state index < -0.39 is 9.84 Å². The summed E-state index contributed by atoms with van der Waals surface area (Å²) in [4.78, 5) is 0.495. The number of ether oxygens (including phenoxy) is 1. The lowest BCUT2D eigenvalue weighted by molar-refractivity contribution is 0.119. The lowest BCUT2D eigenvalue weighted by atomic mass is 10.1. The van der Waals surface area contributed by atoms with E-state index in [1.165, 1.54) is 0 Å². The van der Waals surface area contributed by atoms with Crippen molar-refractivity contribution >= 4 is 9.84 Å². The smallest absolute Gasteiger partial charge is 0.178 e. The monoisotopic (exact) mass is 226 g/mol. The number of hydrogen-bond acceptors (Lipinski definition) is 3. The van der Waals surface area contributed by atoms with E-state index in [0.717, 1.165) is 11.1 Å². The van der Waals surface area contributed by atoms with Crippen LogP contribution in [0.4, 0.5) is 0 Å². The maximum Gasteiger partial charge on any atom is 0.178 e. The van der Waals surface area contributed by atoms with Crippen LogP contribution < -0.4 is 0 Å². The Bertz CT molecular complexity index is 477. The van der Waals surface area contributed by atoms with Crippen LogP contribution in [0, 0.1) is 0 Å². The highest BCUT2D eigenvalue weighted by molar-refractivity contribution is 7.91. The predicted octanol–water partition coefficient (Wildman–Crippen LogP) is 1.72.